The maximum Gasteiger partial charge on any atom is 0.205 e. The van der Waals surface area contributed by atoms with Crippen LogP contribution in [0, 0.1) is 11.3 Å². The Morgan fingerprint density at radius 2 is 1.63 bits per heavy atom. The van der Waals surface area contributed by atoms with E-state index in [0.29, 0.717) is 31.4 Å². The lowest BCUT2D eigenvalue weighted by Crippen LogP contribution is -2.41. The molecule has 0 spiro atoms. The number of hydrogen-bond acceptors (Lipinski definition) is 6. The first-order valence-electron chi connectivity index (χ1n) is 12.2. The van der Waals surface area contributed by atoms with Gasteiger partial charge in [0.15, 0.2) is 0 Å². The summed E-state index contributed by atoms with van der Waals surface area (Å²) in [4.78, 5) is 2.39. The van der Waals surface area contributed by atoms with E-state index in [1.54, 1.807) is 0 Å². The van der Waals surface area contributed by atoms with Crippen LogP contribution in [-0.2, 0) is 4.74 Å². The Kier molecular flexibility index (Phi) is 7.48. The molecule has 2 aliphatic rings. The van der Waals surface area contributed by atoms with Crippen LogP contribution in [0.3, 0.4) is 0 Å². The molecule has 2 aromatic rings. The predicted molar refractivity (Wildman–Crippen MR) is 138 cm³/mol. The number of hydrogen-bond donors (Lipinski definition) is 1. The van der Waals surface area contributed by atoms with E-state index in [-0.39, 0.29) is 11.8 Å². The standard InChI is InChI=1S/C29H33N3O3/c1-5-33-23-11-7-20(8-12-23)15-22-17-32(19(3)4)18-26-27(25(16-30)29(31)35-28(22)26)21-9-13-24(14-10-21)34-6-2/h7-15,19,27H,5-6,17-18,31H2,1-4H3/b22-15+/t27-/m1/s1. The van der Waals surface area contributed by atoms with Crippen LogP contribution in [0.15, 0.2) is 76.9 Å². The van der Waals surface area contributed by atoms with Crippen molar-refractivity contribution in [2.24, 2.45) is 5.73 Å². The minimum absolute atomic E-state index is 0.167. The molecule has 0 unspecified atom stereocenters. The van der Waals surface area contributed by atoms with Crippen LogP contribution in [0.1, 0.15) is 44.7 Å². The van der Waals surface area contributed by atoms with Crippen molar-refractivity contribution >= 4 is 6.08 Å². The summed E-state index contributed by atoms with van der Waals surface area (Å²) in [6.07, 6.45) is 2.14. The molecule has 0 bridgehead atoms. The lowest BCUT2D eigenvalue weighted by atomic mass is 9.80. The largest absolute Gasteiger partial charge is 0.494 e. The van der Waals surface area contributed by atoms with E-state index in [4.69, 9.17) is 19.9 Å². The van der Waals surface area contributed by atoms with Crippen molar-refractivity contribution in [2.75, 3.05) is 26.3 Å². The topological polar surface area (TPSA) is 80.7 Å². The normalized spacial score (nSPS) is 19.4. The van der Waals surface area contributed by atoms with Gasteiger partial charge in [-0.1, -0.05) is 24.3 Å². The molecule has 2 N–H and O–H groups in total. The summed E-state index contributed by atoms with van der Waals surface area (Å²) < 4.78 is 17.4. The lowest BCUT2D eigenvalue weighted by Gasteiger charge is -2.40. The van der Waals surface area contributed by atoms with Crippen LogP contribution in [0.2, 0.25) is 0 Å². The average Bonchev–Trinajstić information content (AvgIpc) is 2.85. The van der Waals surface area contributed by atoms with E-state index in [1.807, 2.05) is 62.4 Å². The number of ether oxygens (including phenoxy) is 3. The van der Waals surface area contributed by atoms with Crippen LogP contribution >= 0.6 is 0 Å². The third kappa shape index (κ3) is 5.21. The molecule has 6 nitrogen and oxygen atoms in total. The van der Waals surface area contributed by atoms with Crippen molar-refractivity contribution in [1.82, 2.24) is 4.90 Å². The molecule has 0 fully saturated rings. The van der Waals surface area contributed by atoms with Gasteiger partial charge in [-0.2, -0.15) is 5.26 Å². The van der Waals surface area contributed by atoms with Crippen LogP contribution in [0.25, 0.3) is 6.08 Å². The molecule has 0 aliphatic carbocycles. The second kappa shape index (κ2) is 10.7. The summed E-state index contributed by atoms with van der Waals surface area (Å²) in [7, 11) is 0. The summed E-state index contributed by atoms with van der Waals surface area (Å²) in [5, 5.41) is 10.0. The maximum atomic E-state index is 10.0. The van der Waals surface area contributed by atoms with E-state index < -0.39 is 0 Å². The predicted octanol–water partition coefficient (Wildman–Crippen LogP) is 5.35. The second-order valence-electron chi connectivity index (χ2n) is 8.95. The first-order chi connectivity index (χ1) is 16.9. The molecule has 2 aromatic carbocycles. The number of rotatable bonds is 7. The highest BCUT2D eigenvalue weighted by Gasteiger charge is 2.38. The summed E-state index contributed by atoms with van der Waals surface area (Å²) in [6.45, 7) is 11.0. The molecule has 0 amide bonds. The van der Waals surface area contributed by atoms with Crippen LogP contribution in [0.5, 0.6) is 11.5 Å². The maximum absolute atomic E-state index is 10.0. The SMILES string of the molecule is CCOc1ccc(/C=C2\CN(C(C)C)CC3=C2OC(N)=C(C#N)[C@H]3c2ccc(OCC)cc2)cc1. The number of nitrogens with zero attached hydrogens (tertiary/aromatic N) is 2. The fourth-order valence-corrected chi connectivity index (χ4v) is 4.59. The van der Waals surface area contributed by atoms with E-state index in [1.165, 1.54) is 0 Å². The zero-order valence-electron chi connectivity index (χ0n) is 20.9. The van der Waals surface area contributed by atoms with Gasteiger partial charge in [0.05, 0.1) is 19.1 Å². The highest BCUT2D eigenvalue weighted by atomic mass is 16.5. The van der Waals surface area contributed by atoms with Crippen molar-refractivity contribution in [3.05, 3.63) is 88.0 Å². The van der Waals surface area contributed by atoms with Gasteiger partial charge in [-0.15, -0.1) is 0 Å². The van der Waals surface area contributed by atoms with Gasteiger partial charge >= 0.3 is 0 Å². The molecule has 1 atom stereocenters. The molecule has 0 saturated heterocycles. The molecule has 35 heavy (non-hydrogen) atoms. The lowest BCUT2D eigenvalue weighted by molar-refractivity contribution is 0.208. The summed E-state index contributed by atoms with van der Waals surface area (Å²) >= 11 is 0. The van der Waals surface area contributed by atoms with Gasteiger partial charge in [-0.3, -0.25) is 4.90 Å². The Balaban J connectivity index is 1.80. The Morgan fingerprint density at radius 3 is 2.17 bits per heavy atom. The summed E-state index contributed by atoms with van der Waals surface area (Å²) in [6, 6.07) is 18.6. The van der Waals surface area contributed by atoms with Gasteiger partial charge in [0.25, 0.3) is 0 Å². The Morgan fingerprint density at radius 1 is 1.03 bits per heavy atom. The smallest absolute Gasteiger partial charge is 0.205 e. The van der Waals surface area contributed by atoms with Crippen LogP contribution < -0.4 is 15.2 Å². The average molecular weight is 472 g/mol. The highest BCUT2D eigenvalue weighted by molar-refractivity contribution is 5.63. The highest BCUT2D eigenvalue weighted by Crippen LogP contribution is 2.44. The molecule has 0 aromatic heterocycles. The molecular weight excluding hydrogens is 438 g/mol. The number of nitrogens with two attached hydrogens (primary N) is 1. The second-order valence-corrected chi connectivity index (χ2v) is 8.95. The summed E-state index contributed by atoms with van der Waals surface area (Å²) in [5.41, 5.74) is 10.9. The van der Waals surface area contributed by atoms with E-state index in [2.05, 4.69) is 30.9 Å². The molecule has 2 aliphatic heterocycles. The third-order valence-corrected chi connectivity index (χ3v) is 6.35. The molecular formula is C29H33N3O3. The van der Waals surface area contributed by atoms with Crippen molar-refractivity contribution in [3.63, 3.8) is 0 Å². The Hall–Kier alpha value is -3.69. The minimum Gasteiger partial charge on any atom is -0.494 e. The van der Waals surface area contributed by atoms with Gasteiger partial charge < -0.3 is 19.9 Å². The van der Waals surface area contributed by atoms with Crippen LogP contribution in [-0.4, -0.2) is 37.2 Å². The number of benzene rings is 2. The third-order valence-electron chi connectivity index (χ3n) is 6.35. The fraction of sp³-hybridized carbons (Fsp3) is 0.345. The van der Waals surface area contributed by atoms with Crippen LogP contribution in [0.4, 0.5) is 0 Å². The first kappa shape index (κ1) is 24.4. The van der Waals surface area contributed by atoms with E-state index in [9.17, 15) is 5.26 Å². The minimum atomic E-state index is -0.273. The van der Waals surface area contributed by atoms with Crippen molar-refractivity contribution in [2.45, 2.75) is 39.7 Å². The van der Waals surface area contributed by atoms with Gasteiger partial charge in [-0.25, -0.2) is 0 Å². The first-order valence-corrected chi connectivity index (χ1v) is 12.2. The fourth-order valence-electron chi connectivity index (χ4n) is 4.59. The molecule has 6 heteroatoms. The van der Waals surface area contributed by atoms with Crippen molar-refractivity contribution in [1.29, 1.82) is 5.26 Å². The quantitative estimate of drug-likeness (QED) is 0.586. The molecule has 0 radical (unpaired) electrons. The van der Waals surface area contributed by atoms with Gasteiger partial charge in [-0.05, 0) is 74.7 Å². The molecule has 4 rings (SSSR count). The zero-order chi connectivity index (χ0) is 24.9. The van der Waals surface area contributed by atoms with Crippen molar-refractivity contribution < 1.29 is 14.2 Å². The Labute approximate surface area is 207 Å². The van der Waals surface area contributed by atoms with Gasteiger partial charge in [0.1, 0.15) is 28.9 Å². The number of allylic oxidation sites excluding steroid dienone is 1. The zero-order valence-corrected chi connectivity index (χ0v) is 20.9. The molecule has 0 saturated carbocycles. The van der Waals surface area contributed by atoms with E-state index >= 15 is 0 Å². The van der Waals surface area contributed by atoms with Crippen molar-refractivity contribution in [3.8, 4) is 17.6 Å². The van der Waals surface area contributed by atoms with E-state index in [0.717, 1.165) is 46.1 Å². The van der Waals surface area contributed by atoms with Gasteiger partial charge in [0, 0.05) is 24.7 Å². The van der Waals surface area contributed by atoms with Gasteiger partial charge in [0.2, 0.25) is 5.88 Å². The number of nitriles is 1. The Bertz CT molecular complexity index is 1190. The molecule has 2 heterocycles. The monoisotopic (exact) mass is 471 g/mol. The molecule has 182 valence electrons. The summed E-state index contributed by atoms with van der Waals surface area (Å²) in [5.74, 6) is 2.31.